The summed E-state index contributed by atoms with van der Waals surface area (Å²) in [4.78, 5) is 28.5. The fourth-order valence-corrected chi connectivity index (χ4v) is 1.52. The van der Waals surface area contributed by atoms with E-state index in [0.717, 1.165) is 12.3 Å². The third-order valence-corrected chi connectivity index (χ3v) is 2.54. The molecular formula is C13H20FN5O2. The van der Waals surface area contributed by atoms with Crippen molar-refractivity contribution in [2.45, 2.75) is 6.92 Å². The number of aromatic nitrogens is 1. The molecule has 0 aliphatic rings. The molecule has 1 rings (SSSR count). The van der Waals surface area contributed by atoms with E-state index in [0.29, 0.717) is 12.4 Å². The van der Waals surface area contributed by atoms with Crippen molar-refractivity contribution < 1.29 is 14.0 Å². The van der Waals surface area contributed by atoms with Gasteiger partial charge in [0.25, 0.3) is 5.91 Å². The highest BCUT2D eigenvalue weighted by Gasteiger charge is 2.13. The average Bonchev–Trinajstić information content (AvgIpc) is 2.45. The number of nitrogens with zero attached hydrogens (tertiary/aromatic N) is 2. The van der Waals surface area contributed by atoms with Crippen molar-refractivity contribution in [1.82, 2.24) is 20.5 Å². The van der Waals surface area contributed by atoms with Gasteiger partial charge in [-0.05, 0) is 13.0 Å². The molecule has 21 heavy (non-hydrogen) atoms. The van der Waals surface area contributed by atoms with E-state index < -0.39 is 11.7 Å². The maximum Gasteiger partial charge on any atom is 0.316 e. The zero-order valence-electron chi connectivity index (χ0n) is 12.4. The largest absolute Gasteiger partial charge is 0.370 e. The third kappa shape index (κ3) is 5.25. The van der Waals surface area contributed by atoms with E-state index in [1.165, 1.54) is 4.90 Å². The molecule has 0 aliphatic carbocycles. The van der Waals surface area contributed by atoms with Gasteiger partial charge in [-0.1, -0.05) is 0 Å². The molecule has 0 aliphatic heterocycles. The number of amides is 3. The van der Waals surface area contributed by atoms with E-state index in [2.05, 4.69) is 20.9 Å². The lowest BCUT2D eigenvalue weighted by atomic mass is 10.2. The summed E-state index contributed by atoms with van der Waals surface area (Å²) in [6, 6.07) is 0.878. The predicted octanol–water partition coefficient (Wildman–Crippen LogP) is 0.653. The van der Waals surface area contributed by atoms with Crippen LogP contribution in [0.3, 0.4) is 0 Å². The van der Waals surface area contributed by atoms with Crippen molar-refractivity contribution in [3.63, 3.8) is 0 Å². The van der Waals surface area contributed by atoms with Crippen molar-refractivity contribution in [2.24, 2.45) is 0 Å². The molecule has 1 aromatic heterocycles. The number of hydrogen-bond donors (Lipinski definition) is 3. The lowest BCUT2D eigenvalue weighted by molar-refractivity contribution is 0.0953. The lowest BCUT2D eigenvalue weighted by Gasteiger charge is -2.13. The Morgan fingerprint density at radius 2 is 1.95 bits per heavy atom. The number of carbonyl (C=O) groups excluding carboxylic acids is 2. The first-order valence-corrected chi connectivity index (χ1v) is 6.58. The smallest absolute Gasteiger partial charge is 0.316 e. The molecular weight excluding hydrogens is 277 g/mol. The van der Waals surface area contributed by atoms with Crippen molar-refractivity contribution in [1.29, 1.82) is 0 Å². The molecule has 0 unspecified atom stereocenters. The van der Waals surface area contributed by atoms with Gasteiger partial charge in [0.2, 0.25) is 0 Å². The maximum atomic E-state index is 13.2. The van der Waals surface area contributed by atoms with Crippen LogP contribution in [0.5, 0.6) is 0 Å². The van der Waals surface area contributed by atoms with Crippen LogP contribution in [-0.2, 0) is 0 Å². The standard InChI is InChI=1S/C13H20FN5O2/c1-4-15-11-10(7-9(14)8-18-11)12(20)16-5-6-17-13(21)19(2)3/h7-8H,4-6H2,1-3H3,(H,15,18)(H,16,20)(H,17,21). The average molecular weight is 297 g/mol. The molecule has 0 spiro atoms. The Morgan fingerprint density at radius 1 is 1.29 bits per heavy atom. The van der Waals surface area contributed by atoms with E-state index in [1.54, 1.807) is 14.1 Å². The lowest BCUT2D eigenvalue weighted by Crippen LogP contribution is -2.39. The molecule has 0 fully saturated rings. The molecule has 7 nitrogen and oxygen atoms in total. The minimum absolute atomic E-state index is 0.135. The summed E-state index contributed by atoms with van der Waals surface area (Å²) < 4.78 is 13.2. The van der Waals surface area contributed by atoms with Crippen molar-refractivity contribution in [3.8, 4) is 0 Å². The van der Waals surface area contributed by atoms with E-state index in [4.69, 9.17) is 0 Å². The summed E-state index contributed by atoms with van der Waals surface area (Å²) in [6.45, 7) is 2.93. The van der Waals surface area contributed by atoms with E-state index in [9.17, 15) is 14.0 Å². The van der Waals surface area contributed by atoms with E-state index in [-0.39, 0.29) is 24.7 Å². The van der Waals surface area contributed by atoms with Crippen LogP contribution in [0.2, 0.25) is 0 Å². The van der Waals surface area contributed by atoms with E-state index in [1.807, 2.05) is 6.92 Å². The van der Waals surface area contributed by atoms with Gasteiger partial charge in [0.1, 0.15) is 11.6 Å². The summed E-state index contributed by atoms with van der Waals surface area (Å²) in [5.74, 6) is -0.700. The molecule has 3 amide bonds. The molecule has 1 heterocycles. The summed E-state index contributed by atoms with van der Waals surface area (Å²) >= 11 is 0. The molecule has 0 saturated carbocycles. The van der Waals surface area contributed by atoms with Gasteiger partial charge < -0.3 is 20.9 Å². The number of nitrogens with one attached hydrogen (secondary N) is 3. The number of hydrogen-bond acceptors (Lipinski definition) is 4. The highest BCUT2D eigenvalue weighted by molar-refractivity contribution is 5.98. The summed E-state index contributed by atoms with van der Waals surface area (Å²) in [6.07, 6.45) is 1.05. The molecule has 0 aromatic carbocycles. The van der Waals surface area contributed by atoms with Crippen LogP contribution in [0.4, 0.5) is 15.0 Å². The normalized spacial score (nSPS) is 9.90. The number of carbonyl (C=O) groups is 2. The minimum atomic E-state index is -0.581. The van der Waals surface area contributed by atoms with Gasteiger partial charge >= 0.3 is 6.03 Å². The summed E-state index contributed by atoms with van der Waals surface area (Å²) in [5, 5.41) is 8.10. The van der Waals surface area contributed by atoms with Crippen LogP contribution in [0, 0.1) is 5.82 Å². The Labute approximate surface area is 122 Å². The predicted molar refractivity (Wildman–Crippen MR) is 77.8 cm³/mol. The number of pyridine rings is 1. The highest BCUT2D eigenvalue weighted by Crippen LogP contribution is 2.13. The molecule has 0 atom stereocenters. The minimum Gasteiger partial charge on any atom is -0.370 e. The second kappa shape index (κ2) is 8.03. The summed E-state index contributed by atoms with van der Waals surface area (Å²) in [5.41, 5.74) is 0.135. The number of anilines is 1. The van der Waals surface area contributed by atoms with Crippen LogP contribution in [0.1, 0.15) is 17.3 Å². The van der Waals surface area contributed by atoms with Gasteiger partial charge in [-0.15, -0.1) is 0 Å². The molecule has 0 radical (unpaired) electrons. The highest BCUT2D eigenvalue weighted by atomic mass is 19.1. The first-order valence-electron chi connectivity index (χ1n) is 6.58. The van der Waals surface area contributed by atoms with Gasteiger partial charge in [0, 0.05) is 33.7 Å². The van der Waals surface area contributed by atoms with Gasteiger partial charge in [-0.2, -0.15) is 0 Å². The van der Waals surface area contributed by atoms with Crippen LogP contribution < -0.4 is 16.0 Å². The Balaban J connectivity index is 2.55. The number of halogens is 1. The van der Waals surface area contributed by atoms with Crippen LogP contribution in [0.15, 0.2) is 12.3 Å². The Bertz CT molecular complexity index is 507. The van der Waals surface area contributed by atoms with Gasteiger partial charge in [-0.25, -0.2) is 14.2 Å². The van der Waals surface area contributed by atoms with E-state index >= 15 is 0 Å². The van der Waals surface area contributed by atoms with Gasteiger partial charge in [0.05, 0.1) is 11.8 Å². The maximum absolute atomic E-state index is 13.2. The number of urea groups is 1. The molecule has 8 heteroatoms. The zero-order chi connectivity index (χ0) is 15.8. The molecule has 0 bridgehead atoms. The van der Waals surface area contributed by atoms with Crippen molar-refractivity contribution in [2.75, 3.05) is 39.0 Å². The quantitative estimate of drug-likeness (QED) is 0.673. The van der Waals surface area contributed by atoms with Crippen LogP contribution in [0.25, 0.3) is 0 Å². The van der Waals surface area contributed by atoms with Crippen molar-refractivity contribution in [3.05, 3.63) is 23.6 Å². The first kappa shape index (κ1) is 16.7. The van der Waals surface area contributed by atoms with Crippen LogP contribution in [-0.4, -0.2) is 55.6 Å². The fraction of sp³-hybridized carbons (Fsp3) is 0.462. The van der Waals surface area contributed by atoms with Gasteiger partial charge in [-0.3, -0.25) is 4.79 Å². The number of rotatable bonds is 6. The fourth-order valence-electron chi connectivity index (χ4n) is 1.52. The summed E-state index contributed by atoms with van der Waals surface area (Å²) in [7, 11) is 3.24. The van der Waals surface area contributed by atoms with Crippen LogP contribution >= 0.6 is 0 Å². The Kier molecular flexibility index (Phi) is 6.38. The first-order chi connectivity index (χ1) is 9.95. The Morgan fingerprint density at radius 3 is 2.57 bits per heavy atom. The SMILES string of the molecule is CCNc1ncc(F)cc1C(=O)NCCNC(=O)N(C)C. The Hall–Kier alpha value is -2.38. The van der Waals surface area contributed by atoms with Gasteiger partial charge in [0.15, 0.2) is 0 Å². The third-order valence-electron chi connectivity index (χ3n) is 2.54. The topological polar surface area (TPSA) is 86.4 Å². The second-order valence-corrected chi connectivity index (χ2v) is 4.46. The molecule has 1 aromatic rings. The van der Waals surface area contributed by atoms with Crippen molar-refractivity contribution >= 4 is 17.8 Å². The zero-order valence-corrected chi connectivity index (χ0v) is 12.4. The molecule has 3 N–H and O–H groups in total. The monoisotopic (exact) mass is 297 g/mol. The molecule has 116 valence electrons. The molecule has 0 saturated heterocycles. The second-order valence-electron chi connectivity index (χ2n) is 4.46.